The normalized spacial score (nSPS) is 10.6. The Kier molecular flexibility index (Phi) is 4.62. The van der Waals surface area contributed by atoms with Gasteiger partial charge in [0.15, 0.2) is 6.61 Å². The molecule has 0 bridgehead atoms. The number of ether oxygens (including phenoxy) is 2. The Morgan fingerprint density at radius 3 is 2.38 bits per heavy atom. The molecule has 3 rings (SSSR count). The highest BCUT2D eigenvalue weighted by Gasteiger charge is 2.17. The third-order valence-corrected chi connectivity index (χ3v) is 4.68. The summed E-state index contributed by atoms with van der Waals surface area (Å²) in [7, 11) is 1.50. The number of esters is 1. The predicted molar refractivity (Wildman–Crippen MR) is 94.2 cm³/mol. The monoisotopic (exact) mass is 340 g/mol. The predicted octanol–water partition coefficient (Wildman–Crippen LogP) is 4.26. The summed E-state index contributed by atoms with van der Waals surface area (Å²) in [6.45, 7) is 1.64. The zero-order valence-electron chi connectivity index (χ0n) is 13.4. The molecule has 0 amide bonds. The molecule has 5 heteroatoms. The molecule has 0 N–H and O–H groups in total. The van der Waals surface area contributed by atoms with Crippen LogP contribution in [0.4, 0.5) is 0 Å². The van der Waals surface area contributed by atoms with Crippen molar-refractivity contribution < 1.29 is 19.1 Å². The van der Waals surface area contributed by atoms with E-state index in [4.69, 9.17) is 9.47 Å². The molecule has 1 aromatic heterocycles. The number of benzene rings is 2. The number of thiophene rings is 1. The first-order valence-corrected chi connectivity index (χ1v) is 8.23. The summed E-state index contributed by atoms with van der Waals surface area (Å²) in [5, 5.41) is 1.88. The van der Waals surface area contributed by atoms with Crippen molar-refractivity contribution in [1.82, 2.24) is 0 Å². The van der Waals surface area contributed by atoms with Crippen molar-refractivity contribution in [2.45, 2.75) is 6.92 Å². The Morgan fingerprint density at radius 2 is 1.75 bits per heavy atom. The molecule has 1 heterocycles. The SMILES string of the molecule is COc1cc2ccccc2cc1C(=O)OCC(=O)c1ccc(C)s1. The van der Waals surface area contributed by atoms with E-state index in [0.29, 0.717) is 16.2 Å². The number of Topliss-reactive ketones (excluding diaryl/α,β-unsaturated/α-hetero) is 1. The second-order valence-corrected chi connectivity index (χ2v) is 6.60. The molecule has 24 heavy (non-hydrogen) atoms. The van der Waals surface area contributed by atoms with Crippen LogP contribution in [-0.4, -0.2) is 25.5 Å². The first-order valence-electron chi connectivity index (χ1n) is 7.42. The van der Waals surface area contributed by atoms with Crippen LogP contribution in [0, 0.1) is 6.92 Å². The van der Waals surface area contributed by atoms with Gasteiger partial charge in [0.1, 0.15) is 11.3 Å². The fourth-order valence-corrected chi connectivity index (χ4v) is 3.20. The minimum Gasteiger partial charge on any atom is -0.496 e. The van der Waals surface area contributed by atoms with Crippen molar-refractivity contribution in [2.24, 2.45) is 0 Å². The highest BCUT2D eigenvalue weighted by molar-refractivity contribution is 7.14. The van der Waals surface area contributed by atoms with Gasteiger partial charge in [-0.3, -0.25) is 4.79 Å². The summed E-state index contributed by atoms with van der Waals surface area (Å²) < 4.78 is 10.5. The van der Waals surface area contributed by atoms with Crippen LogP contribution in [0.25, 0.3) is 10.8 Å². The number of methoxy groups -OCH3 is 1. The van der Waals surface area contributed by atoms with Crippen LogP contribution >= 0.6 is 11.3 Å². The number of aryl methyl sites for hydroxylation is 1. The fourth-order valence-electron chi connectivity index (χ4n) is 2.41. The summed E-state index contributed by atoms with van der Waals surface area (Å²) in [5.41, 5.74) is 0.311. The Bertz CT molecular complexity index is 911. The third kappa shape index (κ3) is 3.31. The molecule has 0 aliphatic heterocycles. The van der Waals surface area contributed by atoms with Gasteiger partial charge >= 0.3 is 5.97 Å². The van der Waals surface area contributed by atoms with Crippen LogP contribution in [0.3, 0.4) is 0 Å². The summed E-state index contributed by atoms with van der Waals surface area (Å²) in [5.74, 6) is -0.349. The number of carbonyl (C=O) groups is 2. The van der Waals surface area contributed by atoms with Gasteiger partial charge in [-0.25, -0.2) is 4.79 Å². The first kappa shape index (κ1) is 16.2. The van der Waals surface area contributed by atoms with Gasteiger partial charge < -0.3 is 9.47 Å². The van der Waals surface area contributed by atoms with Gasteiger partial charge in [-0.2, -0.15) is 0 Å². The molecule has 0 atom stereocenters. The Hall–Kier alpha value is -2.66. The van der Waals surface area contributed by atoms with E-state index in [1.165, 1.54) is 18.4 Å². The summed E-state index contributed by atoms with van der Waals surface area (Å²) in [4.78, 5) is 26.1. The zero-order valence-corrected chi connectivity index (χ0v) is 14.2. The Morgan fingerprint density at radius 1 is 1.04 bits per heavy atom. The lowest BCUT2D eigenvalue weighted by molar-refractivity contribution is 0.0473. The summed E-state index contributed by atoms with van der Waals surface area (Å²) in [6, 6.07) is 14.8. The van der Waals surface area contributed by atoms with Crippen LogP contribution in [0.2, 0.25) is 0 Å². The number of hydrogen-bond donors (Lipinski definition) is 0. The van der Waals surface area contributed by atoms with E-state index in [1.54, 1.807) is 18.2 Å². The Balaban J connectivity index is 1.79. The molecule has 122 valence electrons. The molecule has 0 saturated carbocycles. The smallest absolute Gasteiger partial charge is 0.342 e. The third-order valence-electron chi connectivity index (χ3n) is 3.64. The second kappa shape index (κ2) is 6.84. The number of rotatable bonds is 5. The minimum atomic E-state index is -0.570. The van der Waals surface area contributed by atoms with E-state index in [9.17, 15) is 9.59 Å². The van der Waals surface area contributed by atoms with Gasteiger partial charge in [-0.1, -0.05) is 24.3 Å². The van der Waals surface area contributed by atoms with Gasteiger partial charge in [-0.05, 0) is 42.0 Å². The average molecular weight is 340 g/mol. The zero-order chi connectivity index (χ0) is 17.1. The minimum absolute atomic E-state index is 0.207. The van der Waals surface area contributed by atoms with E-state index in [0.717, 1.165) is 15.6 Å². The number of hydrogen-bond acceptors (Lipinski definition) is 5. The molecular weight excluding hydrogens is 324 g/mol. The molecule has 0 aliphatic rings. The maximum atomic E-state index is 12.4. The van der Waals surface area contributed by atoms with E-state index in [-0.39, 0.29) is 12.4 Å². The maximum Gasteiger partial charge on any atom is 0.342 e. The highest BCUT2D eigenvalue weighted by atomic mass is 32.1. The average Bonchev–Trinajstić information content (AvgIpc) is 3.04. The number of ketones is 1. The molecule has 0 spiro atoms. The lowest BCUT2D eigenvalue weighted by Gasteiger charge is -2.10. The van der Waals surface area contributed by atoms with Gasteiger partial charge in [-0.15, -0.1) is 11.3 Å². The van der Waals surface area contributed by atoms with Crippen molar-refractivity contribution >= 4 is 33.9 Å². The van der Waals surface area contributed by atoms with Gasteiger partial charge in [0, 0.05) is 4.88 Å². The maximum absolute atomic E-state index is 12.4. The van der Waals surface area contributed by atoms with E-state index in [1.807, 2.05) is 37.3 Å². The van der Waals surface area contributed by atoms with Crippen LogP contribution in [0.15, 0.2) is 48.5 Å². The molecule has 3 aromatic rings. The van der Waals surface area contributed by atoms with Gasteiger partial charge in [0.2, 0.25) is 5.78 Å². The first-order chi connectivity index (χ1) is 11.6. The number of carbonyl (C=O) groups excluding carboxylic acids is 2. The molecule has 0 saturated heterocycles. The van der Waals surface area contributed by atoms with E-state index in [2.05, 4.69) is 0 Å². The highest BCUT2D eigenvalue weighted by Crippen LogP contribution is 2.26. The van der Waals surface area contributed by atoms with Crippen molar-refractivity contribution in [3.05, 3.63) is 63.8 Å². The van der Waals surface area contributed by atoms with Crippen molar-refractivity contribution in [2.75, 3.05) is 13.7 Å². The Labute approximate surface area is 143 Å². The van der Waals surface area contributed by atoms with Crippen LogP contribution in [0.1, 0.15) is 24.9 Å². The summed E-state index contributed by atoms with van der Waals surface area (Å²) >= 11 is 1.39. The van der Waals surface area contributed by atoms with E-state index >= 15 is 0 Å². The number of fused-ring (bicyclic) bond motifs is 1. The van der Waals surface area contributed by atoms with Crippen molar-refractivity contribution in [1.29, 1.82) is 0 Å². The lowest BCUT2D eigenvalue weighted by Crippen LogP contribution is -2.14. The van der Waals surface area contributed by atoms with Gasteiger partial charge in [0.05, 0.1) is 12.0 Å². The molecule has 0 unspecified atom stereocenters. The van der Waals surface area contributed by atoms with Crippen molar-refractivity contribution in [3.63, 3.8) is 0 Å². The molecule has 4 nitrogen and oxygen atoms in total. The molecule has 2 aromatic carbocycles. The van der Waals surface area contributed by atoms with E-state index < -0.39 is 5.97 Å². The largest absolute Gasteiger partial charge is 0.496 e. The molecule has 0 aliphatic carbocycles. The van der Waals surface area contributed by atoms with Crippen LogP contribution < -0.4 is 4.74 Å². The standard InChI is InChI=1S/C19H16O4S/c1-12-7-8-18(24-12)16(20)11-23-19(21)15-9-13-5-3-4-6-14(13)10-17(15)22-2/h3-10H,11H2,1-2H3. The fraction of sp³-hybridized carbons (Fsp3) is 0.158. The van der Waals surface area contributed by atoms with Crippen LogP contribution in [-0.2, 0) is 4.74 Å². The molecule has 0 fully saturated rings. The van der Waals surface area contributed by atoms with Crippen LogP contribution in [0.5, 0.6) is 5.75 Å². The van der Waals surface area contributed by atoms with Crippen molar-refractivity contribution in [3.8, 4) is 5.75 Å². The lowest BCUT2D eigenvalue weighted by atomic mass is 10.1. The molecule has 0 radical (unpaired) electrons. The molecular formula is C19H16O4S. The quantitative estimate of drug-likeness (QED) is 0.514. The summed E-state index contributed by atoms with van der Waals surface area (Å²) in [6.07, 6.45) is 0. The second-order valence-electron chi connectivity index (χ2n) is 5.31. The topological polar surface area (TPSA) is 52.6 Å². The van der Waals surface area contributed by atoms with Gasteiger partial charge in [0.25, 0.3) is 0 Å².